The number of methoxy groups -OCH3 is 2. The molecule has 0 radical (unpaired) electrons. The van der Waals surface area contributed by atoms with Gasteiger partial charge in [-0.1, -0.05) is 0 Å². The summed E-state index contributed by atoms with van der Waals surface area (Å²) in [5, 5.41) is 32.6. The normalized spacial score (nSPS) is 43.5. The number of fused-ring (bicyclic) bond motifs is 1. The molecule has 0 aromatic rings. The number of aliphatic hydroxyl groups excluding tert-OH is 3. The van der Waals surface area contributed by atoms with Gasteiger partial charge in [-0.15, -0.1) is 0 Å². The van der Waals surface area contributed by atoms with E-state index < -0.39 is 74.5 Å². The number of aliphatic imine (C=N–C) groups is 1. The fourth-order valence-electron chi connectivity index (χ4n) is 4.13. The predicted molar refractivity (Wildman–Crippen MR) is 99.6 cm³/mol. The SMILES string of the molecule is CO[C@@H]1[C@H]2N=C(C)O[C@H]2O[C@H](CO)[C@H]1O[C@@H]1O[C@H](CO)[C@@H](O)[C@H](OC)[C@H]1NC(C)=O. The lowest BCUT2D eigenvalue weighted by molar-refractivity contribution is -0.325. The largest absolute Gasteiger partial charge is 0.450 e. The number of amides is 1. The van der Waals surface area contributed by atoms with Gasteiger partial charge in [-0.25, -0.2) is 4.99 Å². The summed E-state index contributed by atoms with van der Waals surface area (Å²) in [5.74, 6) is 0.0395. The molecule has 3 rings (SSSR count). The first-order chi connectivity index (χ1) is 14.3. The van der Waals surface area contributed by atoms with Gasteiger partial charge in [0.25, 0.3) is 0 Å². The van der Waals surface area contributed by atoms with Gasteiger partial charge in [0.15, 0.2) is 12.2 Å². The molecule has 0 bridgehead atoms. The lowest BCUT2D eigenvalue weighted by Crippen LogP contribution is -2.67. The van der Waals surface area contributed by atoms with E-state index in [9.17, 15) is 20.1 Å². The molecule has 0 aliphatic carbocycles. The summed E-state index contributed by atoms with van der Waals surface area (Å²) in [7, 11) is 2.85. The van der Waals surface area contributed by atoms with Crippen LogP contribution in [0.5, 0.6) is 0 Å². The molecule has 12 heteroatoms. The van der Waals surface area contributed by atoms with Gasteiger partial charge in [0.2, 0.25) is 12.2 Å². The molecule has 3 aliphatic heterocycles. The van der Waals surface area contributed by atoms with E-state index in [0.29, 0.717) is 5.90 Å². The standard InChI is InChI=1S/C18H30N2O10/c1-7(23)19-11-15(25-3)13(24)9(5-21)28-18(11)30-14-10(6-22)29-17-12(16(14)26-4)20-8(2)27-17/h9-18,21-22,24H,5-6H2,1-4H3,(H,19,23)/t9-,10-,11-,12-,13-,14-,15-,16-,17+,18+/m1/s1. The van der Waals surface area contributed by atoms with Gasteiger partial charge in [0, 0.05) is 28.1 Å². The van der Waals surface area contributed by atoms with Crippen LogP contribution in [-0.2, 0) is 33.2 Å². The molecule has 2 fully saturated rings. The molecule has 0 aromatic carbocycles. The quantitative estimate of drug-likeness (QED) is 0.338. The molecule has 10 atom stereocenters. The van der Waals surface area contributed by atoms with Crippen LogP contribution in [0.25, 0.3) is 0 Å². The minimum Gasteiger partial charge on any atom is -0.450 e. The van der Waals surface area contributed by atoms with Crippen molar-refractivity contribution in [2.24, 2.45) is 4.99 Å². The second-order valence-corrected chi connectivity index (χ2v) is 7.43. The summed E-state index contributed by atoms with van der Waals surface area (Å²) < 4.78 is 34.2. The molecular weight excluding hydrogens is 404 g/mol. The maximum Gasteiger partial charge on any atom is 0.227 e. The summed E-state index contributed by atoms with van der Waals surface area (Å²) in [6, 6.07) is -1.42. The lowest BCUT2D eigenvalue weighted by atomic mass is 9.94. The molecule has 0 spiro atoms. The van der Waals surface area contributed by atoms with E-state index in [4.69, 9.17) is 28.4 Å². The monoisotopic (exact) mass is 434 g/mol. The first-order valence-electron chi connectivity index (χ1n) is 9.74. The van der Waals surface area contributed by atoms with Crippen LogP contribution in [0.2, 0.25) is 0 Å². The van der Waals surface area contributed by atoms with Crippen LogP contribution in [0.15, 0.2) is 4.99 Å². The molecule has 30 heavy (non-hydrogen) atoms. The predicted octanol–water partition coefficient (Wildman–Crippen LogP) is -2.48. The second-order valence-electron chi connectivity index (χ2n) is 7.43. The maximum absolute atomic E-state index is 11.8. The molecule has 3 aliphatic rings. The molecular formula is C18H30N2O10. The molecule has 12 nitrogen and oxygen atoms in total. The van der Waals surface area contributed by atoms with Crippen LogP contribution in [0.1, 0.15) is 13.8 Å². The van der Waals surface area contributed by atoms with Crippen LogP contribution >= 0.6 is 0 Å². The minimum absolute atomic E-state index is 0.389. The highest BCUT2D eigenvalue weighted by Gasteiger charge is 2.54. The van der Waals surface area contributed by atoms with Gasteiger partial charge >= 0.3 is 0 Å². The number of hydrogen-bond acceptors (Lipinski definition) is 11. The second kappa shape index (κ2) is 9.83. The van der Waals surface area contributed by atoms with E-state index in [-0.39, 0.29) is 5.91 Å². The number of nitrogens with zero attached hydrogens (tertiary/aromatic N) is 1. The van der Waals surface area contributed by atoms with E-state index in [2.05, 4.69) is 10.3 Å². The number of ether oxygens (including phenoxy) is 6. The Morgan fingerprint density at radius 1 is 1.10 bits per heavy atom. The van der Waals surface area contributed by atoms with Crippen molar-refractivity contribution in [1.29, 1.82) is 0 Å². The van der Waals surface area contributed by atoms with Crippen molar-refractivity contribution >= 4 is 11.8 Å². The van der Waals surface area contributed by atoms with E-state index >= 15 is 0 Å². The molecule has 172 valence electrons. The number of nitrogens with one attached hydrogen (secondary N) is 1. The Morgan fingerprint density at radius 2 is 1.77 bits per heavy atom. The summed E-state index contributed by atoms with van der Waals surface area (Å²) in [6.07, 6.45) is -7.32. The van der Waals surface area contributed by atoms with Crippen LogP contribution in [-0.4, -0.2) is 116 Å². The van der Waals surface area contributed by atoms with Crippen LogP contribution in [0, 0.1) is 0 Å². The molecule has 2 saturated heterocycles. The highest BCUT2D eigenvalue weighted by atomic mass is 16.7. The third kappa shape index (κ3) is 4.46. The number of carbonyl (C=O) groups is 1. The van der Waals surface area contributed by atoms with Gasteiger partial charge < -0.3 is 49.1 Å². The van der Waals surface area contributed by atoms with E-state index in [1.54, 1.807) is 6.92 Å². The molecule has 0 aromatic heterocycles. The van der Waals surface area contributed by atoms with Crippen molar-refractivity contribution in [3.63, 3.8) is 0 Å². The molecule has 1 amide bonds. The zero-order chi connectivity index (χ0) is 22.0. The summed E-state index contributed by atoms with van der Waals surface area (Å²) in [4.78, 5) is 16.1. The Morgan fingerprint density at radius 3 is 2.33 bits per heavy atom. The van der Waals surface area contributed by atoms with Crippen LogP contribution in [0.4, 0.5) is 0 Å². The molecule has 0 unspecified atom stereocenters. The van der Waals surface area contributed by atoms with Gasteiger partial charge in [-0.3, -0.25) is 4.79 Å². The summed E-state index contributed by atoms with van der Waals surface area (Å²) >= 11 is 0. The topological polar surface area (TPSA) is 158 Å². The number of hydrogen-bond donors (Lipinski definition) is 4. The van der Waals surface area contributed by atoms with Gasteiger partial charge in [0.05, 0.1) is 13.2 Å². The fourth-order valence-corrected chi connectivity index (χ4v) is 4.13. The van der Waals surface area contributed by atoms with Crippen molar-refractivity contribution in [3.05, 3.63) is 0 Å². The van der Waals surface area contributed by atoms with E-state index in [1.165, 1.54) is 21.1 Å². The first-order valence-corrected chi connectivity index (χ1v) is 9.74. The average Bonchev–Trinajstić information content (AvgIpc) is 3.08. The Kier molecular flexibility index (Phi) is 7.63. The number of aliphatic hydroxyl groups is 3. The van der Waals surface area contributed by atoms with Crippen LogP contribution < -0.4 is 5.32 Å². The van der Waals surface area contributed by atoms with Crippen molar-refractivity contribution in [1.82, 2.24) is 5.32 Å². The third-order valence-electron chi connectivity index (χ3n) is 5.47. The Labute approximate surface area is 174 Å². The minimum atomic E-state index is -1.20. The van der Waals surface area contributed by atoms with Gasteiger partial charge in [-0.2, -0.15) is 0 Å². The zero-order valence-electron chi connectivity index (χ0n) is 17.3. The Bertz CT molecular complexity index is 634. The smallest absolute Gasteiger partial charge is 0.227 e. The number of rotatable bonds is 7. The van der Waals surface area contributed by atoms with Crippen molar-refractivity contribution in [2.45, 2.75) is 75.1 Å². The maximum atomic E-state index is 11.8. The fraction of sp³-hybridized carbons (Fsp3) is 0.889. The number of carbonyl (C=O) groups excluding carboxylic acids is 1. The van der Waals surface area contributed by atoms with Crippen molar-refractivity contribution < 1.29 is 48.5 Å². The first kappa shape index (κ1) is 23.3. The highest BCUT2D eigenvalue weighted by molar-refractivity contribution is 5.75. The lowest BCUT2D eigenvalue weighted by Gasteiger charge is -2.47. The van der Waals surface area contributed by atoms with Gasteiger partial charge in [0.1, 0.15) is 48.7 Å². The summed E-state index contributed by atoms with van der Waals surface area (Å²) in [5.41, 5.74) is 0. The van der Waals surface area contributed by atoms with E-state index in [1.807, 2.05) is 0 Å². The Balaban J connectivity index is 1.87. The zero-order valence-corrected chi connectivity index (χ0v) is 17.3. The Hall–Kier alpha value is -1.38. The molecule has 4 N–H and O–H groups in total. The van der Waals surface area contributed by atoms with Gasteiger partial charge in [-0.05, 0) is 0 Å². The molecule has 3 heterocycles. The highest BCUT2D eigenvalue weighted by Crippen LogP contribution is 2.34. The third-order valence-corrected chi connectivity index (χ3v) is 5.47. The van der Waals surface area contributed by atoms with E-state index in [0.717, 1.165) is 0 Å². The van der Waals surface area contributed by atoms with Crippen molar-refractivity contribution in [2.75, 3.05) is 27.4 Å². The van der Waals surface area contributed by atoms with Crippen LogP contribution in [0.3, 0.4) is 0 Å². The molecule has 0 saturated carbocycles. The summed E-state index contributed by atoms with van der Waals surface area (Å²) in [6.45, 7) is 2.11. The average molecular weight is 434 g/mol. The van der Waals surface area contributed by atoms with Crippen molar-refractivity contribution in [3.8, 4) is 0 Å².